The third-order valence-corrected chi connectivity index (χ3v) is 4.91. The lowest BCUT2D eigenvalue weighted by Gasteiger charge is -2.34. The highest BCUT2D eigenvalue weighted by Gasteiger charge is 2.22. The summed E-state index contributed by atoms with van der Waals surface area (Å²) in [6.07, 6.45) is 4.32. The van der Waals surface area contributed by atoms with Crippen LogP contribution in [0.1, 0.15) is 22.8 Å². The first-order valence-electron chi connectivity index (χ1n) is 9.33. The molecule has 1 aliphatic rings. The molecule has 0 bridgehead atoms. The summed E-state index contributed by atoms with van der Waals surface area (Å²) in [4.78, 5) is 17.0. The van der Waals surface area contributed by atoms with Gasteiger partial charge >= 0.3 is 0 Å². The highest BCUT2D eigenvalue weighted by Crippen LogP contribution is 2.26. The number of benzene rings is 2. The fourth-order valence-electron chi connectivity index (χ4n) is 3.12. The van der Waals surface area contributed by atoms with Gasteiger partial charge in [0.2, 0.25) is 0 Å². The number of ether oxygens (including phenoxy) is 1. The Bertz CT molecular complexity index is 784. The molecule has 0 saturated carbocycles. The molecule has 4 nitrogen and oxygen atoms in total. The second-order valence-corrected chi connectivity index (χ2v) is 6.89. The van der Waals surface area contributed by atoms with Crippen LogP contribution in [-0.4, -0.2) is 55.0 Å². The lowest BCUT2D eigenvalue weighted by Crippen LogP contribution is -2.48. The largest absolute Gasteiger partial charge is 0.492 e. The average molecular weight is 385 g/mol. The van der Waals surface area contributed by atoms with Gasteiger partial charge in [-0.3, -0.25) is 9.69 Å². The maximum Gasteiger partial charge on any atom is 0.253 e. The van der Waals surface area contributed by atoms with Gasteiger partial charge in [0, 0.05) is 38.3 Å². The van der Waals surface area contributed by atoms with Gasteiger partial charge in [-0.15, -0.1) is 0 Å². The van der Waals surface area contributed by atoms with E-state index in [0.29, 0.717) is 22.9 Å². The maximum atomic E-state index is 12.7. The van der Waals surface area contributed by atoms with Crippen molar-refractivity contribution in [3.05, 3.63) is 70.8 Å². The topological polar surface area (TPSA) is 32.8 Å². The molecular formula is C22H25ClN2O2. The number of carbonyl (C=O) groups is 1. The van der Waals surface area contributed by atoms with Crippen LogP contribution in [-0.2, 0) is 0 Å². The first-order valence-corrected chi connectivity index (χ1v) is 9.70. The Kier molecular flexibility index (Phi) is 6.91. The van der Waals surface area contributed by atoms with E-state index < -0.39 is 0 Å². The molecule has 2 aromatic carbocycles. The first-order chi connectivity index (χ1) is 13.2. The summed E-state index contributed by atoms with van der Waals surface area (Å²) in [5.74, 6) is 0.644. The van der Waals surface area contributed by atoms with Gasteiger partial charge in [-0.25, -0.2) is 0 Å². The lowest BCUT2D eigenvalue weighted by atomic mass is 10.1. The highest BCUT2D eigenvalue weighted by atomic mass is 35.5. The van der Waals surface area contributed by atoms with Crippen LogP contribution in [0.3, 0.4) is 0 Å². The van der Waals surface area contributed by atoms with E-state index in [9.17, 15) is 4.79 Å². The van der Waals surface area contributed by atoms with Gasteiger partial charge in [0.1, 0.15) is 5.75 Å². The molecule has 0 spiro atoms. The molecule has 1 amide bonds. The molecule has 0 N–H and O–H groups in total. The summed E-state index contributed by atoms with van der Waals surface area (Å²) in [5, 5.41) is 0.479. The number of piperazine rings is 1. The average Bonchev–Trinajstić information content (AvgIpc) is 2.70. The molecule has 0 aliphatic carbocycles. The Hall–Kier alpha value is -2.30. The molecule has 3 rings (SSSR count). The zero-order chi connectivity index (χ0) is 19.1. The summed E-state index contributed by atoms with van der Waals surface area (Å²) in [5.41, 5.74) is 1.82. The molecule has 27 heavy (non-hydrogen) atoms. The summed E-state index contributed by atoms with van der Waals surface area (Å²) < 4.78 is 5.43. The molecule has 1 aliphatic heterocycles. The summed E-state index contributed by atoms with van der Waals surface area (Å²) >= 11 is 6.21. The van der Waals surface area contributed by atoms with Crippen LogP contribution in [0, 0.1) is 0 Å². The van der Waals surface area contributed by atoms with E-state index >= 15 is 0 Å². The van der Waals surface area contributed by atoms with Gasteiger partial charge in [0.25, 0.3) is 5.91 Å². The minimum absolute atomic E-state index is 0.0272. The third-order valence-electron chi connectivity index (χ3n) is 4.61. The predicted octanol–water partition coefficient (Wildman–Crippen LogP) is 4.21. The molecule has 1 fully saturated rings. The van der Waals surface area contributed by atoms with Crippen LogP contribution in [0.25, 0.3) is 6.08 Å². The number of carbonyl (C=O) groups excluding carboxylic acids is 1. The second-order valence-electron chi connectivity index (χ2n) is 6.48. The van der Waals surface area contributed by atoms with E-state index in [2.05, 4.69) is 29.2 Å². The van der Waals surface area contributed by atoms with Gasteiger partial charge in [-0.2, -0.15) is 0 Å². The predicted molar refractivity (Wildman–Crippen MR) is 110 cm³/mol. The van der Waals surface area contributed by atoms with Crippen LogP contribution in [0.15, 0.2) is 54.6 Å². The quantitative estimate of drug-likeness (QED) is 0.747. The molecule has 2 aromatic rings. The summed E-state index contributed by atoms with van der Waals surface area (Å²) in [6, 6.07) is 15.5. The molecular weight excluding hydrogens is 360 g/mol. The molecule has 0 radical (unpaired) electrons. The Labute approximate surface area is 166 Å². The second kappa shape index (κ2) is 9.58. The fourth-order valence-corrected chi connectivity index (χ4v) is 3.36. The van der Waals surface area contributed by atoms with Gasteiger partial charge < -0.3 is 9.64 Å². The minimum Gasteiger partial charge on any atom is -0.492 e. The SMILES string of the molecule is CCOc1ccc(C(=O)N2CCN(C/C=C/c3ccccc3)CC2)cc1Cl. The number of rotatable bonds is 6. The molecule has 0 atom stereocenters. The monoisotopic (exact) mass is 384 g/mol. The van der Waals surface area contributed by atoms with E-state index in [1.807, 2.05) is 30.0 Å². The van der Waals surface area contributed by atoms with E-state index in [1.165, 1.54) is 5.56 Å². The zero-order valence-electron chi connectivity index (χ0n) is 15.6. The van der Waals surface area contributed by atoms with Crippen molar-refractivity contribution in [2.45, 2.75) is 6.92 Å². The fraction of sp³-hybridized carbons (Fsp3) is 0.318. The van der Waals surface area contributed by atoms with E-state index in [4.69, 9.17) is 16.3 Å². The van der Waals surface area contributed by atoms with Gasteiger partial charge in [0.05, 0.1) is 11.6 Å². The lowest BCUT2D eigenvalue weighted by molar-refractivity contribution is 0.0650. The maximum absolute atomic E-state index is 12.7. The van der Waals surface area contributed by atoms with Gasteiger partial charge in [-0.1, -0.05) is 54.1 Å². The van der Waals surface area contributed by atoms with Gasteiger partial charge in [0.15, 0.2) is 0 Å². The van der Waals surface area contributed by atoms with Crippen molar-refractivity contribution in [1.82, 2.24) is 9.80 Å². The van der Waals surface area contributed by atoms with Crippen LogP contribution >= 0.6 is 11.6 Å². The number of nitrogens with zero attached hydrogens (tertiary/aromatic N) is 2. The van der Waals surface area contributed by atoms with Crippen molar-refractivity contribution in [1.29, 1.82) is 0 Å². The van der Waals surface area contributed by atoms with Crippen LogP contribution in [0.4, 0.5) is 0 Å². The highest BCUT2D eigenvalue weighted by molar-refractivity contribution is 6.32. The first kappa shape index (κ1) is 19.5. The van der Waals surface area contributed by atoms with Crippen LogP contribution in [0.5, 0.6) is 5.75 Å². The van der Waals surface area contributed by atoms with Gasteiger partial charge in [-0.05, 0) is 30.7 Å². The molecule has 1 heterocycles. The van der Waals surface area contributed by atoms with Crippen LogP contribution in [0.2, 0.25) is 5.02 Å². The number of amides is 1. The van der Waals surface area contributed by atoms with Crippen molar-refractivity contribution < 1.29 is 9.53 Å². The Morgan fingerprint density at radius 1 is 1.11 bits per heavy atom. The molecule has 0 aromatic heterocycles. The summed E-state index contributed by atoms with van der Waals surface area (Å²) in [7, 11) is 0. The molecule has 5 heteroatoms. The van der Waals surface area contributed by atoms with Crippen LogP contribution < -0.4 is 4.74 Å². The van der Waals surface area contributed by atoms with Crippen molar-refractivity contribution in [2.75, 3.05) is 39.3 Å². The van der Waals surface area contributed by atoms with E-state index in [1.54, 1.807) is 18.2 Å². The molecule has 0 unspecified atom stereocenters. The normalized spacial score (nSPS) is 15.3. The third kappa shape index (κ3) is 5.34. The Morgan fingerprint density at radius 2 is 1.85 bits per heavy atom. The van der Waals surface area contributed by atoms with Crippen molar-refractivity contribution in [3.8, 4) is 5.75 Å². The van der Waals surface area contributed by atoms with Crippen molar-refractivity contribution in [3.63, 3.8) is 0 Å². The Morgan fingerprint density at radius 3 is 2.52 bits per heavy atom. The Balaban J connectivity index is 1.50. The van der Waals surface area contributed by atoms with Crippen molar-refractivity contribution >= 4 is 23.6 Å². The molecule has 1 saturated heterocycles. The minimum atomic E-state index is 0.0272. The smallest absolute Gasteiger partial charge is 0.253 e. The molecule has 142 valence electrons. The number of hydrogen-bond donors (Lipinski definition) is 0. The standard InChI is InChI=1S/C22H25ClN2O2/c1-2-27-21-11-10-19(17-20(21)23)22(26)25-15-13-24(14-16-25)12-6-9-18-7-4-3-5-8-18/h3-11,17H,2,12-16H2,1H3/b9-6+. The van der Waals surface area contributed by atoms with E-state index in [-0.39, 0.29) is 5.91 Å². The number of halogens is 1. The van der Waals surface area contributed by atoms with E-state index in [0.717, 1.165) is 32.7 Å². The number of hydrogen-bond acceptors (Lipinski definition) is 3. The summed E-state index contributed by atoms with van der Waals surface area (Å²) in [6.45, 7) is 6.54. The zero-order valence-corrected chi connectivity index (χ0v) is 16.4. The van der Waals surface area contributed by atoms with Crippen molar-refractivity contribution in [2.24, 2.45) is 0 Å².